The molecule has 0 amide bonds. The first-order valence-corrected chi connectivity index (χ1v) is 5.75. The highest BCUT2D eigenvalue weighted by atomic mass is 16.5. The zero-order chi connectivity index (χ0) is 11.1. The summed E-state index contributed by atoms with van der Waals surface area (Å²) in [4.78, 5) is 0. The molecular weight excluding hydrogens is 186 g/mol. The first kappa shape index (κ1) is 11.9. The lowest BCUT2D eigenvalue weighted by molar-refractivity contribution is 0.340. The van der Waals surface area contributed by atoms with Gasteiger partial charge in [-0.25, -0.2) is 0 Å². The molecular formula is C13H21NO. The molecule has 1 aromatic carbocycles. The monoisotopic (exact) mass is 207 g/mol. The minimum atomic E-state index is 0.535. The summed E-state index contributed by atoms with van der Waals surface area (Å²) in [6, 6.07) is 8.68. The van der Waals surface area contributed by atoms with Gasteiger partial charge < -0.3 is 10.1 Å². The lowest BCUT2D eigenvalue weighted by Crippen LogP contribution is -2.14. The van der Waals surface area contributed by atoms with Crippen molar-refractivity contribution >= 4 is 5.69 Å². The van der Waals surface area contributed by atoms with E-state index in [2.05, 4.69) is 31.3 Å². The SMILES string of the molecule is CCC[C@@H](C)Nc1ccc(OCC)cc1. The fourth-order valence-corrected chi connectivity index (χ4v) is 1.60. The predicted octanol–water partition coefficient (Wildman–Crippen LogP) is 3.69. The molecule has 0 radical (unpaired) electrons. The van der Waals surface area contributed by atoms with Gasteiger partial charge in [-0.3, -0.25) is 0 Å². The van der Waals surface area contributed by atoms with Crippen LogP contribution in [-0.4, -0.2) is 12.6 Å². The van der Waals surface area contributed by atoms with Crippen molar-refractivity contribution in [2.24, 2.45) is 0 Å². The Morgan fingerprint density at radius 3 is 2.40 bits per heavy atom. The smallest absolute Gasteiger partial charge is 0.119 e. The van der Waals surface area contributed by atoms with Crippen LogP contribution >= 0.6 is 0 Å². The van der Waals surface area contributed by atoms with Gasteiger partial charge in [-0.2, -0.15) is 0 Å². The zero-order valence-electron chi connectivity index (χ0n) is 9.92. The van der Waals surface area contributed by atoms with Crippen LogP contribution in [0.4, 0.5) is 5.69 Å². The van der Waals surface area contributed by atoms with Crippen LogP contribution in [0.25, 0.3) is 0 Å². The third kappa shape index (κ3) is 4.24. The van der Waals surface area contributed by atoms with E-state index in [9.17, 15) is 0 Å². The number of anilines is 1. The average Bonchev–Trinajstić information content (AvgIpc) is 2.22. The highest BCUT2D eigenvalue weighted by Gasteiger charge is 2.00. The zero-order valence-corrected chi connectivity index (χ0v) is 9.92. The van der Waals surface area contributed by atoms with Gasteiger partial charge in [0.25, 0.3) is 0 Å². The normalized spacial score (nSPS) is 12.2. The Balaban J connectivity index is 2.48. The Labute approximate surface area is 92.6 Å². The molecule has 0 fully saturated rings. The van der Waals surface area contributed by atoms with E-state index in [1.165, 1.54) is 18.5 Å². The molecule has 0 aliphatic rings. The fraction of sp³-hybridized carbons (Fsp3) is 0.538. The Bertz CT molecular complexity index is 268. The van der Waals surface area contributed by atoms with E-state index < -0.39 is 0 Å². The first-order valence-electron chi connectivity index (χ1n) is 5.75. The van der Waals surface area contributed by atoms with Crippen molar-refractivity contribution in [1.29, 1.82) is 0 Å². The molecule has 0 unspecified atom stereocenters. The van der Waals surface area contributed by atoms with Gasteiger partial charge >= 0.3 is 0 Å². The van der Waals surface area contributed by atoms with E-state index in [1.807, 2.05) is 19.1 Å². The van der Waals surface area contributed by atoms with Crippen LogP contribution in [0.5, 0.6) is 5.75 Å². The summed E-state index contributed by atoms with van der Waals surface area (Å²) in [6.45, 7) is 7.13. The van der Waals surface area contributed by atoms with Crippen molar-refractivity contribution in [3.05, 3.63) is 24.3 Å². The molecule has 1 rings (SSSR count). The molecule has 1 aromatic rings. The molecule has 0 spiro atoms. The van der Waals surface area contributed by atoms with Crippen molar-refractivity contribution in [1.82, 2.24) is 0 Å². The maximum atomic E-state index is 5.39. The van der Waals surface area contributed by atoms with Crippen molar-refractivity contribution in [2.45, 2.75) is 39.7 Å². The van der Waals surface area contributed by atoms with Crippen LogP contribution in [0.15, 0.2) is 24.3 Å². The molecule has 2 heteroatoms. The number of nitrogens with one attached hydrogen (secondary N) is 1. The molecule has 0 bridgehead atoms. The van der Waals surface area contributed by atoms with Gasteiger partial charge in [0, 0.05) is 11.7 Å². The molecule has 1 N–H and O–H groups in total. The predicted molar refractivity (Wildman–Crippen MR) is 65.6 cm³/mol. The standard InChI is InChI=1S/C13H21NO/c1-4-6-11(3)14-12-7-9-13(10-8-12)15-5-2/h7-11,14H,4-6H2,1-3H3/t11-/m1/s1. The first-order chi connectivity index (χ1) is 7.26. The van der Waals surface area contributed by atoms with E-state index in [-0.39, 0.29) is 0 Å². The summed E-state index contributed by atoms with van der Waals surface area (Å²) in [7, 11) is 0. The summed E-state index contributed by atoms with van der Waals surface area (Å²) < 4.78 is 5.39. The van der Waals surface area contributed by atoms with E-state index >= 15 is 0 Å². The van der Waals surface area contributed by atoms with Crippen LogP contribution in [0.2, 0.25) is 0 Å². The fourth-order valence-electron chi connectivity index (χ4n) is 1.60. The average molecular weight is 207 g/mol. The molecule has 0 aliphatic heterocycles. The van der Waals surface area contributed by atoms with Crippen LogP contribution in [0, 0.1) is 0 Å². The minimum absolute atomic E-state index is 0.535. The van der Waals surface area contributed by atoms with E-state index in [1.54, 1.807) is 0 Å². The van der Waals surface area contributed by atoms with Crippen molar-refractivity contribution in [2.75, 3.05) is 11.9 Å². The van der Waals surface area contributed by atoms with Crippen LogP contribution in [-0.2, 0) is 0 Å². The van der Waals surface area contributed by atoms with Gasteiger partial charge in [-0.1, -0.05) is 13.3 Å². The highest BCUT2D eigenvalue weighted by Crippen LogP contribution is 2.16. The lowest BCUT2D eigenvalue weighted by atomic mass is 10.2. The Hall–Kier alpha value is -1.18. The molecule has 0 aromatic heterocycles. The van der Waals surface area contributed by atoms with Gasteiger partial charge in [-0.15, -0.1) is 0 Å². The summed E-state index contributed by atoms with van der Waals surface area (Å²) in [5.41, 5.74) is 1.17. The molecule has 15 heavy (non-hydrogen) atoms. The van der Waals surface area contributed by atoms with Gasteiger partial charge in [0.1, 0.15) is 5.75 Å². The second kappa shape index (κ2) is 6.33. The van der Waals surface area contributed by atoms with Gasteiger partial charge in [-0.05, 0) is 44.5 Å². The highest BCUT2D eigenvalue weighted by molar-refractivity contribution is 5.46. The van der Waals surface area contributed by atoms with Gasteiger partial charge in [0.05, 0.1) is 6.61 Å². The Kier molecular flexibility index (Phi) is 5.02. The lowest BCUT2D eigenvalue weighted by Gasteiger charge is -2.14. The second-order valence-corrected chi connectivity index (χ2v) is 3.79. The molecule has 0 aliphatic carbocycles. The van der Waals surface area contributed by atoms with E-state index in [0.717, 1.165) is 12.4 Å². The topological polar surface area (TPSA) is 21.3 Å². The van der Waals surface area contributed by atoms with Gasteiger partial charge in [0.15, 0.2) is 0 Å². The van der Waals surface area contributed by atoms with Crippen molar-refractivity contribution in [3.63, 3.8) is 0 Å². The molecule has 0 heterocycles. The van der Waals surface area contributed by atoms with Crippen LogP contribution < -0.4 is 10.1 Å². The largest absolute Gasteiger partial charge is 0.494 e. The number of ether oxygens (including phenoxy) is 1. The maximum Gasteiger partial charge on any atom is 0.119 e. The number of hydrogen-bond acceptors (Lipinski definition) is 2. The quantitative estimate of drug-likeness (QED) is 0.768. The molecule has 84 valence electrons. The summed E-state index contributed by atoms with van der Waals surface area (Å²) in [5.74, 6) is 0.936. The van der Waals surface area contributed by atoms with Crippen LogP contribution in [0.1, 0.15) is 33.6 Å². The Morgan fingerprint density at radius 1 is 1.20 bits per heavy atom. The van der Waals surface area contributed by atoms with Gasteiger partial charge in [0.2, 0.25) is 0 Å². The third-order valence-corrected chi connectivity index (χ3v) is 2.30. The third-order valence-electron chi connectivity index (χ3n) is 2.30. The summed E-state index contributed by atoms with van der Waals surface area (Å²) >= 11 is 0. The van der Waals surface area contributed by atoms with Crippen LogP contribution in [0.3, 0.4) is 0 Å². The van der Waals surface area contributed by atoms with E-state index in [4.69, 9.17) is 4.74 Å². The van der Waals surface area contributed by atoms with E-state index in [0.29, 0.717) is 6.04 Å². The molecule has 1 atom stereocenters. The van der Waals surface area contributed by atoms with Crippen molar-refractivity contribution in [3.8, 4) is 5.75 Å². The molecule has 2 nitrogen and oxygen atoms in total. The summed E-state index contributed by atoms with van der Waals surface area (Å²) in [5, 5.41) is 3.46. The molecule has 0 saturated heterocycles. The minimum Gasteiger partial charge on any atom is -0.494 e. The number of hydrogen-bond donors (Lipinski definition) is 1. The number of rotatable bonds is 6. The summed E-state index contributed by atoms with van der Waals surface area (Å²) in [6.07, 6.45) is 2.42. The maximum absolute atomic E-state index is 5.39. The second-order valence-electron chi connectivity index (χ2n) is 3.79. The van der Waals surface area contributed by atoms with Crippen molar-refractivity contribution < 1.29 is 4.74 Å². The number of benzene rings is 1. The molecule has 0 saturated carbocycles. The Morgan fingerprint density at radius 2 is 1.87 bits per heavy atom.